The number of aromatic carboxylic acids is 1. The Morgan fingerprint density at radius 3 is 2.42 bits per heavy atom. The van der Waals surface area contributed by atoms with Crippen LogP contribution >= 0.6 is 0 Å². The molecule has 2 aromatic carbocycles. The summed E-state index contributed by atoms with van der Waals surface area (Å²) in [5.74, 6) is -0.931. The SMILES string of the molecule is Cc1cc(NC(=O)C2CCN(Cc3ccccc3)CC2)ccc1C(=O)O. The van der Waals surface area contributed by atoms with Gasteiger partial charge in [-0.1, -0.05) is 30.3 Å². The van der Waals surface area contributed by atoms with Gasteiger partial charge in [-0.3, -0.25) is 9.69 Å². The van der Waals surface area contributed by atoms with Crippen molar-refractivity contribution >= 4 is 17.6 Å². The number of nitrogens with one attached hydrogen (secondary N) is 1. The summed E-state index contributed by atoms with van der Waals surface area (Å²) in [6.07, 6.45) is 1.68. The lowest BCUT2D eigenvalue weighted by atomic mass is 9.95. The van der Waals surface area contributed by atoms with Crippen LogP contribution < -0.4 is 5.32 Å². The Morgan fingerprint density at radius 2 is 1.81 bits per heavy atom. The number of carboxylic acids is 1. The average molecular weight is 352 g/mol. The number of nitrogens with zero attached hydrogens (tertiary/aromatic N) is 1. The minimum Gasteiger partial charge on any atom is -0.478 e. The van der Waals surface area contributed by atoms with Gasteiger partial charge in [0.05, 0.1) is 5.56 Å². The van der Waals surface area contributed by atoms with E-state index in [4.69, 9.17) is 5.11 Å². The first kappa shape index (κ1) is 18.1. The number of piperidine rings is 1. The fourth-order valence-corrected chi connectivity index (χ4v) is 3.42. The topological polar surface area (TPSA) is 69.6 Å². The Balaban J connectivity index is 1.52. The molecule has 0 aliphatic carbocycles. The second-order valence-electron chi connectivity index (χ2n) is 6.86. The second kappa shape index (κ2) is 8.15. The maximum Gasteiger partial charge on any atom is 0.335 e. The lowest BCUT2D eigenvalue weighted by molar-refractivity contribution is -0.121. The highest BCUT2D eigenvalue weighted by Crippen LogP contribution is 2.22. The Hall–Kier alpha value is -2.66. The van der Waals surface area contributed by atoms with Gasteiger partial charge in [0.25, 0.3) is 0 Å². The Labute approximate surface area is 153 Å². The van der Waals surface area contributed by atoms with E-state index in [-0.39, 0.29) is 17.4 Å². The third kappa shape index (κ3) is 4.49. The van der Waals surface area contributed by atoms with Gasteiger partial charge in [-0.2, -0.15) is 0 Å². The number of carbonyl (C=O) groups excluding carboxylic acids is 1. The molecule has 0 spiro atoms. The zero-order valence-electron chi connectivity index (χ0n) is 14.9. The molecule has 5 heteroatoms. The number of amides is 1. The average Bonchev–Trinajstić information content (AvgIpc) is 2.63. The number of aryl methyl sites for hydroxylation is 1. The standard InChI is InChI=1S/C21H24N2O3/c1-15-13-18(7-8-19(15)21(25)26)22-20(24)17-9-11-23(12-10-17)14-16-5-3-2-4-6-16/h2-8,13,17H,9-12,14H2,1H3,(H,22,24)(H,25,26). The van der Waals surface area contributed by atoms with Gasteiger partial charge in [-0.25, -0.2) is 4.79 Å². The summed E-state index contributed by atoms with van der Waals surface area (Å²) in [7, 11) is 0. The van der Waals surface area contributed by atoms with Crippen LogP contribution in [0.5, 0.6) is 0 Å². The molecule has 0 radical (unpaired) electrons. The maximum absolute atomic E-state index is 12.5. The quantitative estimate of drug-likeness (QED) is 0.863. The Bertz CT molecular complexity index is 781. The number of carboxylic acid groups (broad SMARTS) is 1. The summed E-state index contributed by atoms with van der Waals surface area (Å²) in [6.45, 7) is 4.47. The van der Waals surface area contributed by atoms with Crippen molar-refractivity contribution in [3.8, 4) is 0 Å². The smallest absolute Gasteiger partial charge is 0.335 e. The van der Waals surface area contributed by atoms with Gasteiger partial charge >= 0.3 is 5.97 Å². The van der Waals surface area contributed by atoms with Crippen molar-refractivity contribution in [2.45, 2.75) is 26.3 Å². The van der Waals surface area contributed by atoms with Crippen molar-refractivity contribution < 1.29 is 14.7 Å². The van der Waals surface area contributed by atoms with Gasteiger partial charge in [0.1, 0.15) is 0 Å². The molecule has 5 nitrogen and oxygen atoms in total. The molecule has 0 atom stereocenters. The Kier molecular flexibility index (Phi) is 5.68. The first-order valence-corrected chi connectivity index (χ1v) is 8.94. The molecule has 1 aliphatic rings. The van der Waals surface area contributed by atoms with Crippen LogP contribution in [-0.4, -0.2) is 35.0 Å². The molecule has 1 aliphatic heterocycles. The van der Waals surface area contributed by atoms with Crippen molar-refractivity contribution in [3.05, 3.63) is 65.2 Å². The fraction of sp³-hybridized carbons (Fsp3) is 0.333. The minimum absolute atomic E-state index is 0.00137. The number of benzene rings is 2. The highest BCUT2D eigenvalue weighted by molar-refractivity contribution is 5.94. The molecule has 1 saturated heterocycles. The summed E-state index contributed by atoms with van der Waals surface area (Å²) in [6, 6.07) is 15.3. The van der Waals surface area contributed by atoms with Gasteiger partial charge in [0.2, 0.25) is 5.91 Å². The molecular weight excluding hydrogens is 328 g/mol. The van der Waals surface area contributed by atoms with E-state index in [9.17, 15) is 9.59 Å². The molecule has 26 heavy (non-hydrogen) atoms. The zero-order valence-corrected chi connectivity index (χ0v) is 14.9. The largest absolute Gasteiger partial charge is 0.478 e. The first-order valence-electron chi connectivity index (χ1n) is 8.94. The van der Waals surface area contributed by atoms with Gasteiger partial charge in [0, 0.05) is 18.2 Å². The molecule has 1 heterocycles. The van der Waals surface area contributed by atoms with Gasteiger partial charge in [0.15, 0.2) is 0 Å². The lowest BCUT2D eigenvalue weighted by Gasteiger charge is -2.31. The monoisotopic (exact) mass is 352 g/mol. The van der Waals surface area contributed by atoms with E-state index in [1.54, 1.807) is 19.1 Å². The van der Waals surface area contributed by atoms with E-state index in [1.165, 1.54) is 11.6 Å². The molecule has 2 aromatic rings. The third-order valence-electron chi connectivity index (χ3n) is 4.93. The predicted molar refractivity (Wildman–Crippen MR) is 101 cm³/mol. The van der Waals surface area contributed by atoms with Crippen LogP contribution in [-0.2, 0) is 11.3 Å². The van der Waals surface area contributed by atoms with E-state index in [0.29, 0.717) is 11.3 Å². The molecule has 1 amide bonds. The van der Waals surface area contributed by atoms with Crippen molar-refractivity contribution in [1.82, 2.24) is 4.90 Å². The lowest BCUT2D eigenvalue weighted by Crippen LogP contribution is -2.37. The van der Waals surface area contributed by atoms with Gasteiger partial charge in [-0.15, -0.1) is 0 Å². The van der Waals surface area contributed by atoms with Crippen LogP contribution in [0.3, 0.4) is 0 Å². The summed E-state index contributed by atoms with van der Waals surface area (Å²) in [5.41, 5.74) is 2.86. The summed E-state index contributed by atoms with van der Waals surface area (Å²) in [5, 5.41) is 12.0. The number of hydrogen-bond acceptors (Lipinski definition) is 3. The highest BCUT2D eigenvalue weighted by Gasteiger charge is 2.25. The van der Waals surface area contributed by atoms with Crippen molar-refractivity contribution in [1.29, 1.82) is 0 Å². The zero-order chi connectivity index (χ0) is 18.5. The van der Waals surface area contributed by atoms with Crippen molar-refractivity contribution in [2.24, 2.45) is 5.92 Å². The second-order valence-corrected chi connectivity index (χ2v) is 6.86. The van der Waals surface area contributed by atoms with Gasteiger partial charge < -0.3 is 10.4 Å². The highest BCUT2D eigenvalue weighted by atomic mass is 16.4. The number of carbonyl (C=O) groups is 2. The summed E-state index contributed by atoms with van der Waals surface area (Å²) in [4.78, 5) is 26.0. The number of likely N-dealkylation sites (tertiary alicyclic amines) is 1. The number of hydrogen-bond donors (Lipinski definition) is 2. The molecule has 1 fully saturated rings. The number of rotatable bonds is 5. The van der Waals surface area contributed by atoms with Crippen LogP contribution in [0.4, 0.5) is 5.69 Å². The maximum atomic E-state index is 12.5. The van der Waals surface area contributed by atoms with Crippen LogP contribution in [0.2, 0.25) is 0 Å². The van der Waals surface area contributed by atoms with Crippen molar-refractivity contribution in [3.63, 3.8) is 0 Å². The first-order chi connectivity index (χ1) is 12.5. The normalized spacial score (nSPS) is 15.6. The van der Waals surface area contributed by atoms with Gasteiger partial charge in [-0.05, 0) is 62.2 Å². The molecule has 136 valence electrons. The van der Waals surface area contributed by atoms with E-state index in [1.807, 2.05) is 18.2 Å². The molecule has 0 bridgehead atoms. The van der Waals surface area contributed by atoms with E-state index >= 15 is 0 Å². The van der Waals surface area contributed by atoms with Crippen LogP contribution in [0.1, 0.15) is 34.3 Å². The molecule has 0 aromatic heterocycles. The predicted octanol–water partition coefficient (Wildman–Crippen LogP) is 3.54. The minimum atomic E-state index is -0.953. The van der Waals surface area contributed by atoms with Crippen LogP contribution in [0.15, 0.2) is 48.5 Å². The molecule has 3 rings (SSSR count). The summed E-state index contributed by atoms with van der Waals surface area (Å²) < 4.78 is 0. The van der Waals surface area contributed by atoms with Crippen LogP contribution in [0.25, 0.3) is 0 Å². The third-order valence-corrected chi connectivity index (χ3v) is 4.93. The van der Waals surface area contributed by atoms with E-state index < -0.39 is 5.97 Å². The van der Waals surface area contributed by atoms with E-state index in [2.05, 4.69) is 22.3 Å². The molecule has 0 unspecified atom stereocenters. The molecule has 2 N–H and O–H groups in total. The summed E-state index contributed by atoms with van der Waals surface area (Å²) >= 11 is 0. The fourth-order valence-electron chi connectivity index (χ4n) is 3.42. The number of anilines is 1. The van der Waals surface area contributed by atoms with E-state index in [0.717, 1.165) is 32.5 Å². The van der Waals surface area contributed by atoms with Crippen molar-refractivity contribution in [2.75, 3.05) is 18.4 Å². The Morgan fingerprint density at radius 1 is 1.12 bits per heavy atom. The molecular formula is C21H24N2O3. The van der Waals surface area contributed by atoms with Crippen LogP contribution in [0, 0.1) is 12.8 Å². The molecule has 0 saturated carbocycles.